The fraction of sp³-hybridized carbons (Fsp3) is 0.500. The Morgan fingerprint density at radius 1 is 1.62 bits per heavy atom. The number of halogens is 1. The number of nitrogens with one attached hydrogen (secondary N) is 1. The van der Waals surface area contributed by atoms with Crippen LogP contribution in [0, 0.1) is 12.3 Å². The van der Waals surface area contributed by atoms with Crippen LogP contribution in [0.5, 0.6) is 0 Å². The number of alkyl halides is 1. The lowest BCUT2D eigenvalue weighted by Gasteiger charge is -2.28. The fourth-order valence-electron chi connectivity index (χ4n) is 2.04. The summed E-state index contributed by atoms with van der Waals surface area (Å²) in [6, 6.07) is 0.991. The number of aromatic nitrogens is 2. The Bertz CT molecular complexity index is 665. The predicted octanol–water partition coefficient (Wildman–Crippen LogP) is -1.90. The second-order valence-corrected chi connectivity index (χ2v) is 4.38. The number of hydrogen-bond donors (Lipinski definition) is 3. The van der Waals surface area contributed by atoms with Gasteiger partial charge in [0.25, 0.3) is 5.56 Å². The molecule has 1 saturated heterocycles. The van der Waals surface area contributed by atoms with Crippen molar-refractivity contribution in [2.75, 3.05) is 13.2 Å². The molecule has 1 aliphatic rings. The van der Waals surface area contributed by atoms with Gasteiger partial charge in [0.2, 0.25) is 5.79 Å². The molecule has 0 saturated carbocycles. The lowest BCUT2D eigenvalue weighted by molar-refractivity contribution is -0.276. The summed E-state index contributed by atoms with van der Waals surface area (Å²) in [6.07, 6.45) is 0.511. The molecule has 21 heavy (non-hydrogen) atoms. The monoisotopic (exact) mass is 300 g/mol. The van der Waals surface area contributed by atoms with Crippen molar-refractivity contribution in [2.24, 2.45) is 0 Å². The maximum Gasteiger partial charge on any atom is 0.330 e. The molecule has 1 aliphatic heterocycles. The largest absolute Gasteiger partial charge is 0.391 e. The number of nitrogens with zero attached hydrogens (tertiary/aromatic N) is 1. The summed E-state index contributed by atoms with van der Waals surface area (Å²) in [6.45, 7) is -1.21. The SMILES string of the molecule is C#CCOC1(CO)OC(n2ccc(=O)[nH]c2=O)C(F)C1O. The van der Waals surface area contributed by atoms with E-state index in [1.165, 1.54) is 0 Å². The average Bonchev–Trinajstić information content (AvgIpc) is 2.71. The van der Waals surface area contributed by atoms with Gasteiger partial charge >= 0.3 is 5.69 Å². The number of ether oxygens (including phenoxy) is 2. The van der Waals surface area contributed by atoms with E-state index in [2.05, 4.69) is 5.92 Å². The van der Waals surface area contributed by atoms with Crippen molar-refractivity contribution < 1.29 is 24.1 Å². The molecule has 1 fully saturated rings. The molecule has 4 unspecified atom stereocenters. The van der Waals surface area contributed by atoms with E-state index >= 15 is 0 Å². The Kier molecular flexibility index (Phi) is 4.24. The van der Waals surface area contributed by atoms with Gasteiger partial charge in [0.1, 0.15) is 19.3 Å². The van der Waals surface area contributed by atoms with Gasteiger partial charge in [-0.05, 0) is 0 Å². The molecular weight excluding hydrogens is 287 g/mol. The third-order valence-electron chi connectivity index (χ3n) is 3.09. The minimum Gasteiger partial charge on any atom is -0.391 e. The lowest BCUT2D eigenvalue weighted by Crippen LogP contribution is -2.48. The van der Waals surface area contributed by atoms with Crippen LogP contribution >= 0.6 is 0 Å². The first kappa shape index (κ1) is 15.4. The van der Waals surface area contributed by atoms with Crippen LogP contribution in [0.1, 0.15) is 6.23 Å². The number of rotatable bonds is 4. The van der Waals surface area contributed by atoms with Crippen LogP contribution in [-0.4, -0.2) is 51.0 Å². The quantitative estimate of drug-likeness (QED) is 0.560. The van der Waals surface area contributed by atoms with Gasteiger partial charge in [-0.3, -0.25) is 14.3 Å². The van der Waals surface area contributed by atoms with Crippen LogP contribution in [-0.2, 0) is 9.47 Å². The van der Waals surface area contributed by atoms with Crippen LogP contribution in [0.2, 0.25) is 0 Å². The Balaban J connectivity index is 2.37. The molecule has 1 aromatic heterocycles. The third-order valence-corrected chi connectivity index (χ3v) is 3.09. The number of H-pyrrole nitrogens is 1. The summed E-state index contributed by atoms with van der Waals surface area (Å²) >= 11 is 0. The van der Waals surface area contributed by atoms with Crippen molar-refractivity contribution >= 4 is 0 Å². The normalized spacial score (nSPS) is 32.0. The molecule has 0 aromatic carbocycles. The zero-order valence-electron chi connectivity index (χ0n) is 10.7. The minimum absolute atomic E-state index is 0.336. The van der Waals surface area contributed by atoms with Crippen LogP contribution in [0.4, 0.5) is 4.39 Å². The number of aromatic amines is 1. The van der Waals surface area contributed by atoms with Crippen molar-refractivity contribution in [3.05, 3.63) is 33.1 Å². The molecule has 2 rings (SSSR count). The van der Waals surface area contributed by atoms with Gasteiger partial charge in [-0.1, -0.05) is 5.92 Å². The minimum atomic E-state index is -2.08. The summed E-state index contributed by atoms with van der Waals surface area (Å²) in [5, 5.41) is 19.2. The second kappa shape index (κ2) is 5.79. The molecular formula is C12H13FN2O6. The maximum absolute atomic E-state index is 14.2. The van der Waals surface area contributed by atoms with Crippen LogP contribution < -0.4 is 11.2 Å². The van der Waals surface area contributed by atoms with E-state index in [4.69, 9.17) is 15.9 Å². The summed E-state index contributed by atoms with van der Waals surface area (Å²) < 4.78 is 25.1. The summed E-state index contributed by atoms with van der Waals surface area (Å²) in [5.41, 5.74) is -1.59. The number of hydrogen-bond acceptors (Lipinski definition) is 6. The molecule has 0 radical (unpaired) electrons. The highest BCUT2D eigenvalue weighted by atomic mass is 19.1. The van der Waals surface area contributed by atoms with E-state index in [-0.39, 0.29) is 6.61 Å². The molecule has 0 amide bonds. The topological polar surface area (TPSA) is 114 Å². The van der Waals surface area contributed by atoms with E-state index in [1.54, 1.807) is 0 Å². The molecule has 0 aliphatic carbocycles. The van der Waals surface area contributed by atoms with E-state index < -0.39 is 42.1 Å². The van der Waals surface area contributed by atoms with Crippen LogP contribution in [0.25, 0.3) is 0 Å². The van der Waals surface area contributed by atoms with Gasteiger partial charge in [0, 0.05) is 12.3 Å². The molecule has 8 nitrogen and oxygen atoms in total. The van der Waals surface area contributed by atoms with Gasteiger partial charge in [0.05, 0.1) is 0 Å². The Morgan fingerprint density at radius 3 is 2.90 bits per heavy atom. The van der Waals surface area contributed by atoms with E-state index in [0.717, 1.165) is 16.8 Å². The Hall–Kier alpha value is -1.99. The second-order valence-electron chi connectivity index (χ2n) is 4.38. The molecule has 114 valence electrons. The molecule has 2 heterocycles. The average molecular weight is 300 g/mol. The van der Waals surface area contributed by atoms with Crippen LogP contribution in [0.15, 0.2) is 21.9 Å². The van der Waals surface area contributed by atoms with E-state index in [1.807, 2.05) is 4.98 Å². The standard InChI is InChI=1S/C12H13FN2O6/c1-2-5-20-12(6-16)9(18)8(13)10(21-12)15-4-3-7(17)14-11(15)19/h1,3-4,8-10,16,18H,5-6H2,(H,14,17,19). The highest BCUT2D eigenvalue weighted by Gasteiger charge is 2.57. The van der Waals surface area contributed by atoms with Gasteiger partial charge < -0.3 is 19.7 Å². The van der Waals surface area contributed by atoms with Gasteiger partial charge in [-0.2, -0.15) is 0 Å². The van der Waals surface area contributed by atoms with Crippen molar-refractivity contribution in [3.63, 3.8) is 0 Å². The van der Waals surface area contributed by atoms with Crippen molar-refractivity contribution in [3.8, 4) is 12.3 Å². The number of terminal acetylenes is 1. The summed E-state index contributed by atoms with van der Waals surface area (Å²) in [4.78, 5) is 24.6. The highest BCUT2D eigenvalue weighted by molar-refractivity contribution is 4.98. The number of aliphatic hydroxyl groups is 2. The zero-order chi connectivity index (χ0) is 15.6. The third kappa shape index (κ3) is 2.62. The van der Waals surface area contributed by atoms with Gasteiger partial charge in [-0.25, -0.2) is 9.18 Å². The molecule has 0 bridgehead atoms. The lowest BCUT2D eigenvalue weighted by atomic mass is 10.1. The first-order chi connectivity index (χ1) is 9.95. The molecule has 4 atom stereocenters. The molecule has 1 aromatic rings. The Labute approximate surface area is 117 Å². The zero-order valence-corrected chi connectivity index (χ0v) is 10.7. The van der Waals surface area contributed by atoms with Crippen molar-refractivity contribution in [2.45, 2.75) is 24.3 Å². The molecule has 9 heteroatoms. The van der Waals surface area contributed by atoms with Gasteiger partial charge in [0.15, 0.2) is 12.4 Å². The molecule has 0 spiro atoms. The van der Waals surface area contributed by atoms with Gasteiger partial charge in [-0.15, -0.1) is 6.42 Å². The van der Waals surface area contributed by atoms with Crippen molar-refractivity contribution in [1.82, 2.24) is 9.55 Å². The van der Waals surface area contributed by atoms with E-state index in [0.29, 0.717) is 0 Å². The Morgan fingerprint density at radius 2 is 2.33 bits per heavy atom. The first-order valence-electron chi connectivity index (χ1n) is 5.95. The summed E-state index contributed by atoms with van der Waals surface area (Å²) in [7, 11) is 0. The van der Waals surface area contributed by atoms with E-state index in [9.17, 15) is 24.2 Å². The fourth-order valence-corrected chi connectivity index (χ4v) is 2.04. The molecule has 3 N–H and O–H groups in total. The number of aliphatic hydroxyl groups excluding tert-OH is 2. The highest BCUT2D eigenvalue weighted by Crippen LogP contribution is 2.38. The van der Waals surface area contributed by atoms with Crippen LogP contribution in [0.3, 0.4) is 0 Å². The smallest absolute Gasteiger partial charge is 0.330 e. The van der Waals surface area contributed by atoms with Crippen molar-refractivity contribution in [1.29, 1.82) is 0 Å². The summed E-state index contributed by atoms with van der Waals surface area (Å²) in [5.74, 6) is 0.0223. The first-order valence-corrected chi connectivity index (χ1v) is 5.95. The maximum atomic E-state index is 14.2. The predicted molar refractivity (Wildman–Crippen MR) is 66.9 cm³/mol.